The molecule has 0 aromatic carbocycles. The molecular formula is C15H23N3. The van der Waals surface area contributed by atoms with Crippen LogP contribution < -0.4 is 10.2 Å². The van der Waals surface area contributed by atoms with Crippen molar-refractivity contribution < 1.29 is 0 Å². The zero-order valence-electron chi connectivity index (χ0n) is 11.0. The van der Waals surface area contributed by atoms with Gasteiger partial charge in [0.15, 0.2) is 0 Å². The van der Waals surface area contributed by atoms with Gasteiger partial charge in [0.05, 0.1) is 0 Å². The molecule has 0 amide bonds. The molecule has 0 radical (unpaired) electrons. The fourth-order valence-electron chi connectivity index (χ4n) is 2.75. The Kier molecular flexibility index (Phi) is 3.79. The predicted molar refractivity (Wildman–Crippen MR) is 74.8 cm³/mol. The van der Waals surface area contributed by atoms with E-state index in [1.807, 2.05) is 12.3 Å². The minimum atomic E-state index is 0.726. The van der Waals surface area contributed by atoms with E-state index in [9.17, 15) is 0 Å². The number of rotatable bonds is 5. The number of aromatic nitrogens is 1. The number of hydrogen-bond donors (Lipinski definition) is 1. The van der Waals surface area contributed by atoms with Crippen molar-refractivity contribution in [2.24, 2.45) is 5.92 Å². The second kappa shape index (κ2) is 5.70. The molecule has 2 fully saturated rings. The first-order valence-corrected chi connectivity index (χ1v) is 7.31. The molecule has 0 bridgehead atoms. The standard InChI is InChI=1S/C15H23N3/c1-2-9-17-15(3-1)18-11-7-14(8-12-18)16-10-6-13-4-5-13/h1-3,9,13-14,16H,4-8,10-12H2. The van der Waals surface area contributed by atoms with E-state index in [0.29, 0.717) is 0 Å². The molecule has 1 aliphatic heterocycles. The van der Waals surface area contributed by atoms with Gasteiger partial charge in [0.2, 0.25) is 0 Å². The van der Waals surface area contributed by atoms with Crippen molar-refractivity contribution in [2.75, 3.05) is 24.5 Å². The van der Waals surface area contributed by atoms with E-state index in [2.05, 4.69) is 27.3 Å². The van der Waals surface area contributed by atoms with E-state index in [1.165, 1.54) is 38.6 Å². The summed E-state index contributed by atoms with van der Waals surface area (Å²) in [7, 11) is 0. The average Bonchev–Trinajstić information content (AvgIpc) is 3.25. The maximum Gasteiger partial charge on any atom is 0.128 e. The molecule has 1 aromatic heterocycles. The van der Waals surface area contributed by atoms with Crippen molar-refractivity contribution in [1.29, 1.82) is 0 Å². The monoisotopic (exact) mass is 245 g/mol. The molecule has 3 heteroatoms. The zero-order valence-corrected chi connectivity index (χ0v) is 11.0. The Hall–Kier alpha value is -1.09. The summed E-state index contributed by atoms with van der Waals surface area (Å²) in [5.74, 6) is 2.18. The first-order valence-electron chi connectivity index (χ1n) is 7.31. The van der Waals surface area contributed by atoms with Crippen LogP contribution in [0.25, 0.3) is 0 Å². The molecule has 98 valence electrons. The number of nitrogens with one attached hydrogen (secondary N) is 1. The topological polar surface area (TPSA) is 28.2 Å². The highest BCUT2D eigenvalue weighted by Gasteiger charge is 2.22. The Morgan fingerprint density at radius 2 is 2.00 bits per heavy atom. The fraction of sp³-hybridized carbons (Fsp3) is 0.667. The minimum absolute atomic E-state index is 0.726. The van der Waals surface area contributed by atoms with Crippen molar-refractivity contribution >= 4 is 5.82 Å². The van der Waals surface area contributed by atoms with Crippen LogP contribution in [-0.4, -0.2) is 30.7 Å². The molecule has 2 aliphatic rings. The average molecular weight is 245 g/mol. The van der Waals surface area contributed by atoms with Gasteiger partial charge < -0.3 is 10.2 Å². The van der Waals surface area contributed by atoms with Crippen molar-refractivity contribution in [2.45, 2.75) is 38.1 Å². The molecule has 3 nitrogen and oxygen atoms in total. The van der Waals surface area contributed by atoms with Crippen LogP contribution in [0.1, 0.15) is 32.1 Å². The smallest absolute Gasteiger partial charge is 0.128 e. The molecule has 3 rings (SSSR count). The summed E-state index contributed by atoms with van der Waals surface area (Å²) in [6.45, 7) is 3.50. The van der Waals surface area contributed by atoms with Gasteiger partial charge in [-0.3, -0.25) is 0 Å². The Morgan fingerprint density at radius 3 is 2.67 bits per heavy atom. The minimum Gasteiger partial charge on any atom is -0.357 e. The van der Waals surface area contributed by atoms with Gasteiger partial charge in [0, 0.05) is 25.3 Å². The number of hydrogen-bond acceptors (Lipinski definition) is 3. The Bertz CT molecular complexity index is 353. The first kappa shape index (κ1) is 12.0. The van der Waals surface area contributed by atoms with Gasteiger partial charge in [0.1, 0.15) is 5.82 Å². The summed E-state index contributed by atoms with van der Waals surface area (Å²) in [5, 5.41) is 3.72. The third-order valence-corrected chi connectivity index (χ3v) is 4.15. The van der Waals surface area contributed by atoms with E-state index in [4.69, 9.17) is 0 Å². The lowest BCUT2D eigenvalue weighted by Crippen LogP contribution is -2.43. The van der Waals surface area contributed by atoms with Gasteiger partial charge in [-0.2, -0.15) is 0 Å². The molecule has 1 aromatic rings. The Morgan fingerprint density at radius 1 is 1.17 bits per heavy atom. The lowest BCUT2D eigenvalue weighted by atomic mass is 10.0. The van der Waals surface area contributed by atoms with Gasteiger partial charge in [-0.1, -0.05) is 18.9 Å². The zero-order chi connectivity index (χ0) is 12.2. The molecule has 1 saturated heterocycles. The predicted octanol–water partition coefficient (Wildman–Crippen LogP) is 2.44. The van der Waals surface area contributed by atoms with Crippen molar-refractivity contribution in [3.8, 4) is 0 Å². The molecule has 1 saturated carbocycles. The second-order valence-corrected chi connectivity index (χ2v) is 5.64. The summed E-state index contributed by atoms with van der Waals surface area (Å²) >= 11 is 0. The van der Waals surface area contributed by atoms with Gasteiger partial charge in [-0.15, -0.1) is 0 Å². The number of pyridine rings is 1. The maximum absolute atomic E-state index is 4.43. The molecule has 0 spiro atoms. The summed E-state index contributed by atoms with van der Waals surface area (Å²) < 4.78 is 0. The lowest BCUT2D eigenvalue weighted by molar-refractivity contribution is 0.407. The van der Waals surface area contributed by atoms with Crippen molar-refractivity contribution in [1.82, 2.24) is 10.3 Å². The van der Waals surface area contributed by atoms with Gasteiger partial charge in [0.25, 0.3) is 0 Å². The van der Waals surface area contributed by atoms with Crippen LogP contribution in [0.2, 0.25) is 0 Å². The van der Waals surface area contributed by atoms with Crippen LogP contribution in [-0.2, 0) is 0 Å². The van der Waals surface area contributed by atoms with Crippen LogP contribution >= 0.6 is 0 Å². The van der Waals surface area contributed by atoms with E-state index in [-0.39, 0.29) is 0 Å². The fourth-order valence-corrected chi connectivity index (χ4v) is 2.75. The molecular weight excluding hydrogens is 222 g/mol. The van der Waals surface area contributed by atoms with E-state index in [1.54, 1.807) is 0 Å². The van der Waals surface area contributed by atoms with Crippen LogP contribution in [0.15, 0.2) is 24.4 Å². The Balaban J connectivity index is 1.40. The van der Waals surface area contributed by atoms with Gasteiger partial charge >= 0.3 is 0 Å². The second-order valence-electron chi connectivity index (χ2n) is 5.64. The number of piperidine rings is 1. The van der Waals surface area contributed by atoms with E-state index >= 15 is 0 Å². The number of anilines is 1. The van der Waals surface area contributed by atoms with Crippen LogP contribution in [0, 0.1) is 5.92 Å². The summed E-state index contributed by atoms with van der Waals surface area (Å²) in [5.41, 5.74) is 0. The molecule has 2 heterocycles. The first-order chi connectivity index (χ1) is 8.92. The molecule has 1 N–H and O–H groups in total. The summed E-state index contributed by atoms with van der Waals surface area (Å²) in [6, 6.07) is 6.89. The number of nitrogens with zero attached hydrogens (tertiary/aromatic N) is 2. The van der Waals surface area contributed by atoms with E-state index < -0.39 is 0 Å². The third kappa shape index (κ3) is 3.22. The lowest BCUT2D eigenvalue weighted by Gasteiger charge is -2.33. The summed E-state index contributed by atoms with van der Waals surface area (Å²) in [4.78, 5) is 6.83. The van der Waals surface area contributed by atoms with Crippen molar-refractivity contribution in [3.63, 3.8) is 0 Å². The SMILES string of the molecule is c1ccc(N2CCC(NCCC3CC3)CC2)nc1. The highest BCUT2D eigenvalue weighted by atomic mass is 15.2. The van der Waals surface area contributed by atoms with Crippen molar-refractivity contribution in [3.05, 3.63) is 24.4 Å². The highest BCUT2D eigenvalue weighted by molar-refractivity contribution is 5.38. The molecule has 18 heavy (non-hydrogen) atoms. The molecule has 0 unspecified atom stereocenters. The largest absolute Gasteiger partial charge is 0.357 e. The maximum atomic E-state index is 4.43. The molecule has 1 aliphatic carbocycles. The summed E-state index contributed by atoms with van der Waals surface area (Å²) in [6.07, 6.45) is 8.72. The highest BCUT2D eigenvalue weighted by Crippen LogP contribution is 2.31. The van der Waals surface area contributed by atoms with E-state index in [0.717, 1.165) is 30.9 Å². The normalized spacial score (nSPS) is 21.2. The van der Waals surface area contributed by atoms with Crippen LogP contribution in [0.5, 0.6) is 0 Å². The molecule has 0 atom stereocenters. The van der Waals surface area contributed by atoms with Crippen LogP contribution in [0.4, 0.5) is 5.82 Å². The van der Waals surface area contributed by atoms with Crippen LogP contribution in [0.3, 0.4) is 0 Å². The third-order valence-electron chi connectivity index (χ3n) is 4.15. The quantitative estimate of drug-likeness (QED) is 0.863. The Labute approximate surface area is 110 Å². The van der Waals surface area contributed by atoms with Gasteiger partial charge in [-0.25, -0.2) is 4.98 Å². The van der Waals surface area contributed by atoms with Gasteiger partial charge in [-0.05, 0) is 43.9 Å².